The Kier molecular flexibility index (Phi) is 3.26. The van der Waals surface area contributed by atoms with Crippen LogP contribution in [0.2, 0.25) is 0 Å². The van der Waals surface area contributed by atoms with E-state index in [1.165, 1.54) is 0 Å². The number of pyridine rings is 1. The molecule has 1 aromatic carbocycles. The summed E-state index contributed by atoms with van der Waals surface area (Å²) in [5.74, 6) is 0.751. The standard InChI is InChI=1S/C16H23N5/c1-4-9-21-16(18,10(2)3)13-11-7-5-6-8-12(11)19-15(17)14(13)20-21/h5-8,10,20H,4,9,18H2,1-3H3,(H2,17,19). The quantitative estimate of drug-likeness (QED) is 0.808. The summed E-state index contributed by atoms with van der Waals surface area (Å²) in [4.78, 5) is 4.50. The SMILES string of the molecule is CCCN1Nc2c(N)nc3ccccc3c2C1(N)C(C)C. The number of benzene rings is 1. The Hall–Kier alpha value is -1.85. The van der Waals surface area contributed by atoms with Crippen LogP contribution in [0.5, 0.6) is 0 Å². The molecule has 3 rings (SSSR count). The molecule has 0 amide bonds. The lowest BCUT2D eigenvalue weighted by molar-refractivity contribution is 0.0892. The van der Waals surface area contributed by atoms with Crippen LogP contribution >= 0.6 is 0 Å². The van der Waals surface area contributed by atoms with Crippen molar-refractivity contribution in [2.75, 3.05) is 17.7 Å². The topological polar surface area (TPSA) is 80.2 Å². The molecule has 2 aromatic rings. The van der Waals surface area contributed by atoms with E-state index in [0.29, 0.717) is 5.82 Å². The normalized spacial score (nSPS) is 21.8. The predicted molar refractivity (Wildman–Crippen MR) is 87.5 cm³/mol. The van der Waals surface area contributed by atoms with Gasteiger partial charge in [0.05, 0.1) is 11.2 Å². The van der Waals surface area contributed by atoms with Crippen LogP contribution in [0, 0.1) is 5.92 Å². The van der Waals surface area contributed by atoms with Crippen LogP contribution < -0.4 is 16.9 Å². The number of para-hydroxylation sites is 1. The van der Waals surface area contributed by atoms with Crippen LogP contribution in [0.4, 0.5) is 11.5 Å². The smallest absolute Gasteiger partial charge is 0.149 e. The third-order valence-electron chi connectivity index (χ3n) is 4.34. The summed E-state index contributed by atoms with van der Waals surface area (Å²) in [6.45, 7) is 7.29. The number of nitrogens with two attached hydrogens (primary N) is 2. The third-order valence-corrected chi connectivity index (χ3v) is 4.34. The van der Waals surface area contributed by atoms with Crippen LogP contribution in [0.1, 0.15) is 32.8 Å². The van der Waals surface area contributed by atoms with E-state index in [1.807, 2.05) is 18.2 Å². The van der Waals surface area contributed by atoms with Crippen LogP contribution in [0.25, 0.3) is 10.9 Å². The summed E-state index contributed by atoms with van der Waals surface area (Å²) in [7, 11) is 0. The summed E-state index contributed by atoms with van der Waals surface area (Å²) in [5, 5.41) is 3.18. The maximum Gasteiger partial charge on any atom is 0.149 e. The summed E-state index contributed by atoms with van der Waals surface area (Å²) < 4.78 is 0. The van der Waals surface area contributed by atoms with Gasteiger partial charge >= 0.3 is 0 Å². The molecular formula is C16H23N5. The van der Waals surface area contributed by atoms with Gasteiger partial charge in [0.1, 0.15) is 11.5 Å². The molecule has 1 unspecified atom stereocenters. The zero-order chi connectivity index (χ0) is 15.2. The highest BCUT2D eigenvalue weighted by atomic mass is 15.6. The van der Waals surface area contributed by atoms with Gasteiger partial charge in [-0.3, -0.25) is 0 Å². The van der Waals surface area contributed by atoms with Crippen molar-refractivity contribution in [1.82, 2.24) is 9.99 Å². The van der Waals surface area contributed by atoms with Gasteiger partial charge in [0.15, 0.2) is 0 Å². The van der Waals surface area contributed by atoms with Gasteiger partial charge in [-0.05, 0) is 18.4 Å². The van der Waals surface area contributed by atoms with Gasteiger partial charge in [0.25, 0.3) is 0 Å². The number of hydrogen-bond donors (Lipinski definition) is 3. The molecule has 112 valence electrons. The van der Waals surface area contributed by atoms with E-state index in [1.54, 1.807) is 0 Å². The number of nitrogens with one attached hydrogen (secondary N) is 1. The summed E-state index contributed by atoms with van der Waals surface area (Å²) in [6, 6.07) is 8.04. The minimum absolute atomic E-state index is 0.239. The number of aromatic nitrogens is 1. The number of nitrogen functional groups attached to an aromatic ring is 1. The molecule has 0 saturated heterocycles. The van der Waals surface area contributed by atoms with E-state index in [9.17, 15) is 0 Å². The molecular weight excluding hydrogens is 262 g/mol. The molecule has 0 radical (unpaired) electrons. The zero-order valence-corrected chi connectivity index (χ0v) is 12.9. The highest BCUT2D eigenvalue weighted by molar-refractivity contribution is 5.93. The Morgan fingerprint density at radius 1 is 1.33 bits per heavy atom. The van der Waals surface area contributed by atoms with E-state index in [0.717, 1.165) is 35.1 Å². The first-order valence-electron chi connectivity index (χ1n) is 7.52. The maximum atomic E-state index is 6.86. The van der Waals surface area contributed by atoms with Crippen LogP contribution in [-0.4, -0.2) is 16.5 Å². The van der Waals surface area contributed by atoms with Gasteiger partial charge in [-0.2, -0.15) is 5.01 Å². The lowest BCUT2D eigenvalue weighted by atomic mass is 9.86. The lowest BCUT2D eigenvalue weighted by Gasteiger charge is -2.38. The minimum Gasteiger partial charge on any atom is -0.382 e. The van der Waals surface area contributed by atoms with Crippen molar-refractivity contribution >= 4 is 22.4 Å². The molecule has 1 aliphatic heterocycles. The fourth-order valence-corrected chi connectivity index (χ4v) is 3.19. The van der Waals surface area contributed by atoms with Crippen LogP contribution in [0.3, 0.4) is 0 Å². The summed E-state index contributed by atoms with van der Waals surface area (Å²) >= 11 is 0. The Balaban J connectivity index is 2.32. The second-order valence-corrected chi connectivity index (χ2v) is 6.01. The Morgan fingerprint density at radius 3 is 2.71 bits per heavy atom. The van der Waals surface area contributed by atoms with Gasteiger partial charge in [-0.1, -0.05) is 39.0 Å². The molecule has 2 heterocycles. The summed E-state index contributed by atoms with van der Waals surface area (Å²) in [6.07, 6.45) is 1.01. The van der Waals surface area contributed by atoms with Gasteiger partial charge in [-0.15, -0.1) is 0 Å². The van der Waals surface area contributed by atoms with Gasteiger partial charge in [-0.25, -0.2) is 4.98 Å². The summed E-state index contributed by atoms with van der Waals surface area (Å²) in [5.41, 5.74) is 18.6. The van der Waals surface area contributed by atoms with Crippen LogP contribution in [0.15, 0.2) is 24.3 Å². The fraction of sp³-hybridized carbons (Fsp3) is 0.438. The molecule has 1 aliphatic rings. The number of rotatable bonds is 3. The molecule has 0 bridgehead atoms. The van der Waals surface area contributed by atoms with Gasteiger partial charge < -0.3 is 16.9 Å². The van der Waals surface area contributed by atoms with E-state index in [2.05, 4.69) is 42.3 Å². The first kappa shape index (κ1) is 14.1. The number of anilines is 2. The molecule has 5 heteroatoms. The number of hydrogen-bond acceptors (Lipinski definition) is 5. The third kappa shape index (κ3) is 1.88. The van der Waals surface area contributed by atoms with E-state index in [4.69, 9.17) is 11.5 Å². The van der Waals surface area contributed by atoms with Crippen molar-refractivity contribution in [1.29, 1.82) is 0 Å². The average Bonchev–Trinajstić information content (AvgIpc) is 2.75. The average molecular weight is 285 g/mol. The number of nitrogens with zero attached hydrogens (tertiary/aromatic N) is 2. The molecule has 21 heavy (non-hydrogen) atoms. The molecule has 0 fully saturated rings. The molecule has 1 aromatic heterocycles. The zero-order valence-electron chi connectivity index (χ0n) is 12.9. The molecule has 5 nitrogen and oxygen atoms in total. The first-order valence-corrected chi connectivity index (χ1v) is 7.52. The highest BCUT2D eigenvalue weighted by Crippen LogP contribution is 2.46. The largest absolute Gasteiger partial charge is 0.382 e. The monoisotopic (exact) mass is 285 g/mol. The number of hydrazine groups is 1. The van der Waals surface area contributed by atoms with E-state index in [-0.39, 0.29) is 5.92 Å². The van der Waals surface area contributed by atoms with Crippen LogP contribution in [-0.2, 0) is 5.66 Å². The van der Waals surface area contributed by atoms with Crippen molar-refractivity contribution in [2.24, 2.45) is 11.7 Å². The maximum absolute atomic E-state index is 6.86. The minimum atomic E-state index is -0.581. The molecule has 5 N–H and O–H groups in total. The fourth-order valence-electron chi connectivity index (χ4n) is 3.19. The Labute approximate surface area is 125 Å². The van der Waals surface area contributed by atoms with Gasteiger partial charge in [0.2, 0.25) is 0 Å². The second-order valence-electron chi connectivity index (χ2n) is 6.01. The van der Waals surface area contributed by atoms with Gasteiger partial charge in [0, 0.05) is 17.5 Å². The van der Waals surface area contributed by atoms with E-state index < -0.39 is 5.66 Å². The Morgan fingerprint density at radius 2 is 2.05 bits per heavy atom. The van der Waals surface area contributed by atoms with Crippen molar-refractivity contribution in [3.05, 3.63) is 29.8 Å². The molecule has 1 atom stereocenters. The van der Waals surface area contributed by atoms with Crippen molar-refractivity contribution < 1.29 is 0 Å². The van der Waals surface area contributed by atoms with Crippen molar-refractivity contribution in [2.45, 2.75) is 32.9 Å². The highest BCUT2D eigenvalue weighted by Gasteiger charge is 2.46. The first-order chi connectivity index (χ1) is 10.00. The van der Waals surface area contributed by atoms with Crippen molar-refractivity contribution in [3.63, 3.8) is 0 Å². The molecule has 0 spiro atoms. The predicted octanol–water partition coefficient (Wildman–Crippen LogP) is 2.64. The molecule has 0 saturated carbocycles. The van der Waals surface area contributed by atoms with E-state index >= 15 is 0 Å². The number of fused-ring (bicyclic) bond motifs is 3. The van der Waals surface area contributed by atoms with Crippen molar-refractivity contribution in [3.8, 4) is 0 Å². The second kappa shape index (κ2) is 4.86. The molecule has 0 aliphatic carbocycles. The Bertz CT molecular complexity index is 682. The lowest BCUT2D eigenvalue weighted by Crippen LogP contribution is -2.55.